The summed E-state index contributed by atoms with van der Waals surface area (Å²) in [6.07, 6.45) is -0.0770. The molecule has 1 aliphatic rings. The maximum Gasteiger partial charge on any atom is 0.321 e. The molecule has 0 aromatic heterocycles. The normalized spacial score (nSPS) is 16.4. The van der Waals surface area contributed by atoms with Crippen LogP contribution in [0.4, 0.5) is 0 Å². The van der Waals surface area contributed by atoms with Crippen molar-refractivity contribution in [3.8, 4) is 5.75 Å². The molecule has 1 saturated heterocycles. The Morgan fingerprint density at radius 2 is 1.96 bits per heavy atom. The van der Waals surface area contributed by atoms with Crippen LogP contribution in [-0.4, -0.2) is 73.8 Å². The molecule has 1 fully saturated rings. The Labute approximate surface area is 147 Å². The van der Waals surface area contributed by atoms with Crippen molar-refractivity contribution in [3.63, 3.8) is 0 Å². The summed E-state index contributed by atoms with van der Waals surface area (Å²) in [7, 11) is 0. The van der Waals surface area contributed by atoms with Crippen LogP contribution in [0.15, 0.2) is 24.3 Å². The number of ketones is 1. The van der Waals surface area contributed by atoms with Gasteiger partial charge in [0.15, 0.2) is 5.78 Å². The van der Waals surface area contributed by atoms with Crippen LogP contribution in [0.3, 0.4) is 0 Å². The lowest BCUT2D eigenvalue weighted by molar-refractivity contribution is -0.139. The molecule has 0 radical (unpaired) electrons. The molecule has 2 rings (SSSR count). The van der Waals surface area contributed by atoms with E-state index < -0.39 is 12.0 Å². The van der Waals surface area contributed by atoms with Crippen molar-refractivity contribution in [1.29, 1.82) is 0 Å². The molecular weight excluding hydrogens is 324 g/mol. The minimum atomic E-state index is -1.01. The highest BCUT2D eigenvalue weighted by Gasteiger charge is 2.22. The largest absolute Gasteiger partial charge is 0.494 e. The number of rotatable bonds is 10. The van der Waals surface area contributed by atoms with Crippen molar-refractivity contribution in [3.05, 3.63) is 29.8 Å². The van der Waals surface area contributed by atoms with Gasteiger partial charge in [0.2, 0.25) is 0 Å². The number of aliphatic carboxylic acids is 1. The van der Waals surface area contributed by atoms with Crippen molar-refractivity contribution >= 4 is 11.8 Å². The van der Waals surface area contributed by atoms with Gasteiger partial charge in [-0.25, -0.2) is 0 Å². The molecular formula is C18H26N2O5. The van der Waals surface area contributed by atoms with Gasteiger partial charge in [0, 0.05) is 38.2 Å². The van der Waals surface area contributed by atoms with Gasteiger partial charge >= 0.3 is 5.97 Å². The van der Waals surface area contributed by atoms with Gasteiger partial charge in [0.25, 0.3) is 0 Å². The van der Waals surface area contributed by atoms with Crippen LogP contribution in [0.1, 0.15) is 23.7 Å². The number of carbonyl (C=O) groups is 2. The average molecular weight is 350 g/mol. The fraction of sp³-hybridized carbons (Fsp3) is 0.556. The van der Waals surface area contributed by atoms with E-state index in [-0.39, 0.29) is 12.2 Å². The minimum Gasteiger partial charge on any atom is -0.494 e. The van der Waals surface area contributed by atoms with E-state index >= 15 is 0 Å². The Kier molecular flexibility index (Phi) is 7.84. The monoisotopic (exact) mass is 350 g/mol. The number of morpholine rings is 1. The molecule has 7 heteroatoms. The first-order valence-electron chi connectivity index (χ1n) is 8.62. The summed E-state index contributed by atoms with van der Waals surface area (Å²) in [6.45, 7) is 6.82. The van der Waals surface area contributed by atoms with E-state index in [0.29, 0.717) is 37.7 Å². The Morgan fingerprint density at radius 3 is 2.56 bits per heavy atom. The summed E-state index contributed by atoms with van der Waals surface area (Å²) in [5.74, 6) is -0.520. The van der Waals surface area contributed by atoms with Crippen LogP contribution in [0.2, 0.25) is 0 Å². The quantitative estimate of drug-likeness (QED) is 0.609. The molecule has 0 unspecified atom stereocenters. The SMILES string of the molecule is CCOc1ccc(C(=O)C[C@@H](NCCN2CCOCC2)C(=O)O)cc1. The topological polar surface area (TPSA) is 88.1 Å². The lowest BCUT2D eigenvalue weighted by Gasteiger charge is -2.27. The summed E-state index contributed by atoms with van der Waals surface area (Å²) >= 11 is 0. The van der Waals surface area contributed by atoms with E-state index in [1.165, 1.54) is 0 Å². The van der Waals surface area contributed by atoms with Gasteiger partial charge in [0.05, 0.1) is 19.8 Å². The van der Waals surface area contributed by atoms with E-state index in [4.69, 9.17) is 9.47 Å². The molecule has 0 spiro atoms. The van der Waals surface area contributed by atoms with E-state index in [0.717, 1.165) is 19.6 Å². The van der Waals surface area contributed by atoms with Gasteiger partial charge in [-0.15, -0.1) is 0 Å². The van der Waals surface area contributed by atoms with Gasteiger partial charge in [0.1, 0.15) is 11.8 Å². The first kappa shape index (κ1) is 19.4. The molecule has 0 bridgehead atoms. The molecule has 7 nitrogen and oxygen atoms in total. The van der Waals surface area contributed by atoms with E-state index in [2.05, 4.69) is 10.2 Å². The van der Waals surface area contributed by atoms with E-state index in [9.17, 15) is 14.7 Å². The molecule has 1 aliphatic heterocycles. The van der Waals surface area contributed by atoms with Gasteiger partial charge in [-0.05, 0) is 31.2 Å². The van der Waals surface area contributed by atoms with E-state index in [1.807, 2.05) is 6.92 Å². The number of Topliss-reactive ketones (excluding diaryl/α,β-unsaturated/α-hetero) is 1. The molecule has 1 aromatic rings. The Balaban J connectivity index is 1.82. The fourth-order valence-electron chi connectivity index (χ4n) is 2.68. The zero-order valence-electron chi connectivity index (χ0n) is 14.6. The summed E-state index contributed by atoms with van der Waals surface area (Å²) < 4.78 is 10.6. The van der Waals surface area contributed by atoms with Crippen LogP contribution in [0.25, 0.3) is 0 Å². The second-order valence-electron chi connectivity index (χ2n) is 5.88. The van der Waals surface area contributed by atoms with Crippen LogP contribution in [0, 0.1) is 0 Å². The summed E-state index contributed by atoms with van der Waals surface area (Å²) in [5.41, 5.74) is 0.490. The number of hydrogen-bond acceptors (Lipinski definition) is 6. The number of carboxylic acids is 1. The highest BCUT2D eigenvalue weighted by atomic mass is 16.5. The third-order valence-electron chi connectivity index (χ3n) is 4.10. The van der Waals surface area contributed by atoms with Gasteiger partial charge in [-0.3, -0.25) is 14.5 Å². The number of hydrogen-bond donors (Lipinski definition) is 2. The number of carbonyl (C=O) groups excluding carboxylic acids is 1. The number of carboxylic acid groups (broad SMARTS) is 1. The summed E-state index contributed by atoms with van der Waals surface area (Å²) in [6, 6.07) is 5.89. The maximum absolute atomic E-state index is 12.3. The average Bonchev–Trinajstić information content (AvgIpc) is 2.62. The van der Waals surface area contributed by atoms with Gasteiger partial charge in [-0.1, -0.05) is 0 Å². The van der Waals surface area contributed by atoms with Crippen molar-refractivity contribution in [1.82, 2.24) is 10.2 Å². The fourth-order valence-corrected chi connectivity index (χ4v) is 2.68. The van der Waals surface area contributed by atoms with Crippen molar-refractivity contribution in [2.45, 2.75) is 19.4 Å². The standard InChI is InChI=1S/C18H26N2O5/c1-2-25-15-5-3-14(4-6-15)17(21)13-16(18(22)23)19-7-8-20-9-11-24-12-10-20/h3-6,16,19H,2,7-13H2,1H3,(H,22,23)/t16-/m1/s1. The van der Waals surface area contributed by atoms with Crippen molar-refractivity contribution < 1.29 is 24.2 Å². The zero-order valence-corrected chi connectivity index (χ0v) is 14.6. The first-order chi connectivity index (χ1) is 12.1. The second-order valence-corrected chi connectivity index (χ2v) is 5.88. The highest BCUT2D eigenvalue weighted by Crippen LogP contribution is 2.14. The number of ether oxygens (including phenoxy) is 2. The van der Waals surface area contributed by atoms with Crippen LogP contribution in [-0.2, 0) is 9.53 Å². The van der Waals surface area contributed by atoms with Crippen LogP contribution >= 0.6 is 0 Å². The Hall–Kier alpha value is -1.96. The predicted molar refractivity (Wildman–Crippen MR) is 93.2 cm³/mol. The molecule has 0 saturated carbocycles. The van der Waals surface area contributed by atoms with E-state index in [1.54, 1.807) is 24.3 Å². The predicted octanol–water partition coefficient (Wildman–Crippen LogP) is 1.03. The smallest absolute Gasteiger partial charge is 0.321 e. The minimum absolute atomic E-state index is 0.0770. The third-order valence-corrected chi connectivity index (χ3v) is 4.10. The van der Waals surface area contributed by atoms with Crippen LogP contribution in [0.5, 0.6) is 5.75 Å². The lowest BCUT2D eigenvalue weighted by Crippen LogP contribution is -2.45. The van der Waals surface area contributed by atoms with Gasteiger partial charge in [-0.2, -0.15) is 0 Å². The molecule has 0 amide bonds. The number of benzene rings is 1. The second kappa shape index (κ2) is 10.1. The summed E-state index contributed by atoms with van der Waals surface area (Å²) in [5, 5.41) is 12.3. The molecule has 25 heavy (non-hydrogen) atoms. The Bertz CT molecular complexity index is 555. The molecule has 138 valence electrons. The lowest BCUT2D eigenvalue weighted by atomic mass is 10.0. The molecule has 0 aliphatic carbocycles. The van der Waals surface area contributed by atoms with Gasteiger partial charge < -0.3 is 19.9 Å². The molecule has 1 aromatic carbocycles. The third kappa shape index (κ3) is 6.45. The highest BCUT2D eigenvalue weighted by molar-refractivity contribution is 5.98. The number of nitrogens with one attached hydrogen (secondary N) is 1. The first-order valence-corrected chi connectivity index (χ1v) is 8.62. The van der Waals surface area contributed by atoms with Crippen molar-refractivity contribution in [2.75, 3.05) is 46.0 Å². The zero-order chi connectivity index (χ0) is 18.1. The molecule has 1 atom stereocenters. The summed E-state index contributed by atoms with van der Waals surface area (Å²) in [4.78, 5) is 26.0. The molecule has 1 heterocycles. The van der Waals surface area contributed by atoms with Crippen LogP contribution < -0.4 is 10.1 Å². The van der Waals surface area contributed by atoms with Crippen molar-refractivity contribution in [2.24, 2.45) is 0 Å². The molecule has 2 N–H and O–H groups in total. The number of nitrogens with zero attached hydrogens (tertiary/aromatic N) is 1. The Morgan fingerprint density at radius 1 is 1.28 bits per heavy atom. The maximum atomic E-state index is 12.3.